The number of para-hydroxylation sites is 1. The number of hydrogen-bond acceptors (Lipinski definition) is 2. The molecule has 2 rings (SSSR count). The Morgan fingerprint density at radius 1 is 1.30 bits per heavy atom. The molecule has 0 N–H and O–H groups in total. The Morgan fingerprint density at radius 2 is 2.05 bits per heavy atom. The third-order valence-corrected chi connectivity index (χ3v) is 2.95. The molecule has 0 bridgehead atoms. The quantitative estimate of drug-likeness (QED) is 0.570. The molecule has 0 fully saturated rings. The highest BCUT2D eigenvalue weighted by molar-refractivity contribution is 5.87. The van der Waals surface area contributed by atoms with Crippen molar-refractivity contribution in [3.8, 4) is 6.07 Å². The molecular weight excluding hydrogens is 248 g/mol. The van der Waals surface area contributed by atoms with E-state index in [2.05, 4.69) is 9.69 Å². The largest absolute Gasteiger partial charge is 0.351 e. The molecule has 1 aliphatic rings. The summed E-state index contributed by atoms with van der Waals surface area (Å²) in [6.07, 6.45) is 5.35. The number of nitrogens with zero attached hydrogens (tertiary/aromatic N) is 4. The second kappa shape index (κ2) is 5.57. The van der Waals surface area contributed by atoms with E-state index < -0.39 is 0 Å². The molecule has 1 aromatic carbocycles. The van der Waals surface area contributed by atoms with E-state index in [1.165, 1.54) is 0 Å². The fourth-order valence-electron chi connectivity index (χ4n) is 1.95. The molecule has 20 heavy (non-hydrogen) atoms. The lowest BCUT2D eigenvalue weighted by atomic mass is 9.99. The molecule has 0 aromatic heterocycles. The van der Waals surface area contributed by atoms with Crippen LogP contribution in [0.15, 0.2) is 54.0 Å². The van der Waals surface area contributed by atoms with E-state index in [1.54, 1.807) is 12.1 Å². The number of hydrogen-bond donors (Lipinski definition) is 0. The van der Waals surface area contributed by atoms with Crippen molar-refractivity contribution in [2.75, 3.05) is 11.9 Å². The standard InChI is InChI=1S/C16H10N4/c1-18-14(15(11-17)19-2)10-12-8-9-20(3)16-7-5-4-6-13(12)16/h4-10H,3H3/b12-10-,15-14+. The SMILES string of the molecule is [C-]#[N+]/C(C#N)=C(\C=C1\C=CN(C)c2ccccc21)[N+]#[C-]. The summed E-state index contributed by atoms with van der Waals surface area (Å²) in [5.41, 5.74) is 2.70. The Bertz CT molecular complexity index is 745. The van der Waals surface area contributed by atoms with Crippen LogP contribution in [0.4, 0.5) is 5.69 Å². The molecule has 1 aromatic rings. The first-order valence-electron chi connectivity index (χ1n) is 5.82. The number of nitriles is 1. The van der Waals surface area contributed by atoms with Crippen molar-refractivity contribution < 1.29 is 0 Å². The van der Waals surface area contributed by atoms with Gasteiger partial charge < -0.3 is 4.90 Å². The van der Waals surface area contributed by atoms with Gasteiger partial charge in [0.2, 0.25) is 5.70 Å². The summed E-state index contributed by atoms with van der Waals surface area (Å²) >= 11 is 0. The normalized spacial score (nSPS) is 15.7. The maximum absolute atomic E-state index is 8.87. The summed E-state index contributed by atoms with van der Waals surface area (Å²) in [5, 5.41) is 8.87. The number of benzene rings is 1. The smallest absolute Gasteiger partial charge is 0.269 e. The molecule has 0 unspecified atom stereocenters. The average Bonchev–Trinajstić information content (AvgIpc) is 2.50. The van der Waals surface area contributed by atoms with Gasteiger partial charge in [-0.25, -0.2) is 15.0 Å². The first-order chi connectivity index (χ1) is 9.71. The molecule has 0 aliphatic carbocycles. The lowest BCUT2D eigenvalue weighted by Crippen LogP contribution is -2.13. The van der Waals surface area contributed by atoms with Gasteiger partial charge in [0.25, 0.3) is 5.70 Å². The van der Waals surface area contributed by atoms with Gasteiger partial charge in [0.1, 0.15) is 0 Å². The molecule has 0 saturated carbocycles. The van der Waals surface area contributed by atoms with Crippen LogP contribution in [0.2, 0.25) is 0 Å². The van der Waals surface area contributed by atoms with Crippen molar-refractivity contribution in [3.63, 3.8) is 0 Å². The van der Waals surface area contributed by atoms with Crippen molar-refractivity contribution in [1.29, 1.82) is 5.26 Å². The zero-order valence-electron chi connectivity index (χ0n) is 10.8. The van der Waals surface area contributed by atoms with Crippen molar-refractivity contribution >= 4 is 11.3 Å². The predicted molar refractivity (Wildman–Crippen MR) is 77.8 cm³/mol. The number of rotatable bonds is 1. The Labute approximate surface area is 117 Å². The van der Waals surface area contributed by atoms with Crippen molar-refractivity contribution in [2.24, 2.45) is 0 Å². The first-order valence-corrected chi connectivity index (χ1v) is 5.82. The van der Waals surface area contributed by atoms with Gasteiger partial charge >= 0.3 is 0 Å². The predicted octanol–water partition coefficient (Wildman–Crippen LogP) is 3.61. The van der Waals surface area contributed by atoms with Gasteiger partial charge in [-0.15, -0.1) is 0 Å². The Balaban J connectivity index is 2.61. The zero-order valence-corrected chi connectivity index (χ0v) is 10.8. The van der Waals surface area contributed by atoms with Crippen LogP contribution in [-0.2, 0) is 0 Å². The van der Waals surface area contributed by atoms with E-state index in [9.17, 15) is 0 Å². The van der Waals surface area contributed by atoms with Gasteiger partial charge in [0.15, 0.2) is 0 Å². The third kappa shape index (κ3) is 2.29. The molecule has 0 atom stereocenters. The van der Waals surface area contributed by atoms with Crippen LogP contribution in [0.3, 0.4) is 0 Å². The van der Waals surface area contributed by atoms with Crippen LogP contribution >= 0.6 is 0 Å². The van der Waals surface area contributed by atoms with Gasteiger partial charge in [-0.3, -0.25) is 0 Å². The summed E-state index contributed by atoms with van der Waals surface area (Å²) in [6.45, 7) is 14.1. The molecule has 1 aliphatic heterocycles. The van der Waals surface area contributed by atoms with Crippen LogP contribution < -0.4 is 4.90 Å². The van der Waals surface area contributed by atoms with Crippen LogP contribution in [0.5, 0.6) is 0 Å². The van der Waals surface area contributed by atoms with E-state index in [0.29, 0.717) is 0 Å². The van der Waals surface area contributed by atoms with Crippen LogP contribution in [0.25, 0.3) is 15.3 Å². The number of anilines is 1. The summed E-state index contributed by atoms with van der Waals surface area (Å²) in [4.78, 5) is 8.36. The fraction of sp³-hybridized carbons (Fsp3) is 0.0625. The third-order valence-electron chi connectivity index (χ3n) is 2.95. The fourth-order valence-corrected chi connectivity index (χ4v) is 1.95. The Morgan fingerprint density at radius 3 is 2.70 bits per heavy atom. The van der Waals surface area contributed by atoms with Gasteiger partial charge in [0.05, 0.1) is 19.2 Å². The van der Waals surface area contributed by atoms with Gasteiger partial charge in [-0.1, -0.05) is 24.3 Å². The monoisotopic (exact) mass is 258 g/mol. The molecule has 0 amide bonds. The van der Waals surface area contributed by atoms with Crippen LogP contribution in [-0.4, -0.2) is 7.05 Å². The van der Waals surface area contributed by atoms with Crippen molar-refractivity contribution in [3.05, 3.63) is 82.4 Å². The van der Waals surface area contributed by atoms with Crippen LogP contribution in [0, 0.1) is 24.5 Å². The molecule has 0 saturated heterocycles. The van der Waals surface area contributed by atoms with E-state index in [1.807, 2.05) is 48.5 Å². The summed E-state index contributed by atoms with van der Waals surface area (Å²) < 4.78 is 0. The average molecular weight is 258 g/mol. The van der Waals surface area contributed by atoms with Gasteiger partial charge in [0, 0.05) is 24.5 Å². The first kappa shape index (κ1) is 13.1. The highest BCUT2D eigenvalue weighted by atomic mass is 15.1. The highest BCUT2D eigenvalue weighted by Crippen LogP contribution is 2.32. The van der Waals surface area contributed by atoms with Crippen LogP contribution in [0.1, 0.15) is 5.56 Å². The van der Waals surface area contributed by atoms with E-state index >= 15 is 0 Å². The maximum Gasteiger partial charge on any atom is 0.269 e. The molecule has 0 radical (unpaired) electrons. The van der Waals surface area contributed by atoms with E-state index in [-0.39, 0.29) is 11.4 Å². The minimum Gasteiger partial charge on any atom is -0.351 e. The molecular formula is C16H10N4. The lowest BCUT2D eigenvalue weighted by Gasteiger charge is -2.23. The second-order valence-electron chi connectivity index (χ2n) is 4.11. The van der Waals surface area contributed by atoms with E-state index in [4.69, 9.17) is 18.4 Å². The second-order valence-corrected chi connectivity index (χ2v) is 4.11. The highest BCUT2D eigenvalue weighted by Gasteiger charge is 2.14. The van der Waals surface area contributed by atoms with Gasteiger partial charge in [-0.2, -0.15) is 0 Å². The summed E-state index contributed by atoms with van der Waals surface area (Å²) in [5.74, 6) is 0. The minimum absolute atomic E-state index is 0.0708. The number of fused-ring (bicyclic) bond motifs is 1. The zero-order chi connectivity index (χ0) is 14.5. The molecule has 4 heteroatoms. The molecule has 4 nitrogen and oxygen atoms in total. The topological polar surface area (TPSA) is 35.8 Å². The molecule has 94 valence electrons. The van der Waals surface area contributed by atoms with Gasteiger partial charge in [-0.05, 0) is 17.7 Å². The number of allylic oxidation sites excluding steroid dienone is 4. The van der Waals surface area contributed by atoms with Crippen molar-refractivity contribution in [1.82, 2.24) is 0 Å². The maximum atomic E-state index is 8.87. The Kier molecular flexibility index (Phi) is 3.66. The lowest BCUT2D eigenvalue weighted by molar-refractivity contribution is 1.18. The van der Waals surface area contributed by atoms with Crippen molar-refractivity contribution in [2.45, 2.75) is 0 Å². The molecule has 1 heterocycles. The summed E-state index contributed by atoms with van der Waals surface area (Å²) in [6, 6.07) is 9.55. The minimum atomic E-state index is -0.183. The Hall–Kier alpha value is -3.29. The molecule has 0 spiro atoms. The summed E-state index contributed by atoms with van der Waals surface area (Å²) in [7, 11) is 1.94. The van der Waals surface area contributed by atoms with E-state index in [0.717, 1.165) is 16.8 Å².